The summed E-state index contributed by atoms with van der Waals surface area (Å²) < 4.78 is 13.2. The van der Waals surface area contributed by atoms with E-state index in [4.69, 9.17) is 21.1 Å². The van der Waals surface area contributed by atoms with Crippen LogP contribution in [0.3, 0.4) is 0 Å². The molecule has 0 unspecified atom stereocenters. The van der Waals surface area contributed by atoms with E-state index in [2.05, 4.69) is 10.4 Å². The number of halogens is 1. The second-order valence-electron chi connectivity index (χ2n) is 6.86. The SMILES string of the molecule is C[C@H](Oc1ccc(Cl)c2ccccc12)C(=O)Nc1ccn(C2CCOCC2)n1. The molecule has 2 aromatic carbocycles. The van der Waals surface area contributed by atoms with Crippen LogP contribution < -0.4 is 10.1 Å². The first kappa shape index (κ1) is 18.8. The largest absolute Gasteiger partial charge is 0.480 e. The van der Waals surface area contributed by atoms with Gasteiger partial charge in [0.2, 0.25) is 0 Å². The van der Waals surface area contributed by atoms with Gasteiger partial charge < -0.3 is 14.8 Å². The Morgan fingerprint density at radius 3 is 2.75 bits per heavy atom. The molecular formula is C21H22ClN3O3. The molecule has 4 rings (SSSR count). The molecule has 2 heterocycles. The first-order valence-electron chi connectivity index (χ1n) is 9.39. The standard InChI is InChI=1S/C21H22ClN3O3/c1-14(28-19-7-6-18(22)16-4-2-3-5-17(16)19)21(26)23-20-8-11-25(24-20)15-9-12-27-13-10-15/h2-8,11,14-15H,9-10,12-13H2,1H3,(H,23,24,26)/t14-/m0/s1. The third kappa shape index (κ3) is 3.98. The lowest BCUT2D eigenvalue weighted by molar-refractivity contribution is -0.122. The van der Waals surface area contributed by atoms with Gasteiger partial charge in [-0.05, 0) is 31.9 Å². The van der Waals surface area contributed by atoms with Crippen LogP contribution in [0, 0.1) is 0 Å². The summed E-state index contributed by atoms with van der Waals surface area (Å²) >= 11 is 6.25. The average Bonchev–Trinajstić information content (AvgIpc) is 3.19. The van der Waals surface area contributed by atoms with Gasteiger partial charge in [-0.25, -0.2) is 0 Å². The summed E-state index contributed by atoms with van der Waals surface area (Å²) in [7, 11) is 0. The quantitative estimate of drug-likeness (QED) is 0.688. The van der Waals surface area contributed by atoms with Crippen LogP contribution in [0.5, 0.6) is 5.75 Å². The molecule has 0 spiro atoms. The van der Waals surface area contributed by atoms with E-state index in [1.165, 1.54) is 0 Å². The van der Waals surface area contributed by atoms with Gasteiger partial charge in [0.25, 0.3) is 5.91 Å². The van der Waals surface area contributed by atoms with Gasteiger partial charge in [-0.15, -0.1) is 0 Å². The molecule has 1 aliphatic rings. The topological polar surface area (TPSA) is 65.4 Å². The van der Waals surface area contributed by atoms with Gasteiger partial charge in [-0.3, -0.25) is 9.48 Å². The Bertz CT molecular complexity index is 982. The van der Waals surface area contributed by atoms with Crippen LogP contribution in [-0.4, -0.2) is 35.0 Å². The fraction of sp³-hybridized carbons (Fsp3) is 0.333. The molecule has 1 atom stereocenters. The number of nitrogens with zero attached hydrogens (tertiary/aromatic N) is 2. The van der Waals surface area contributed by atoms with Crippen molar-refractivity contribution < 1.29 is 14.3 Å². The van der Waals surface area contributed by atoms with Gasteiger partial charge in [0, 0.05) is 41.3 Å². The molecule has 3 aromatic rings. The number of fused-ring (bicyclic) bond motifs is 1. The molecular weight excluding hydrogens is 378 g/mol. The molecule has 6 nitrogen and oxygen atoms in total. The van der Waals surface area contributed by atoms with Crippen molar-refractivity contribution in [2.75, 3.05) is 18.5 Å². The van der Waals surface area contributed by atoms with Crippen LogP contribution in [0.15, 0.2) is 48.7 Å². The molecule has 146 valence electrons. The lowest BCUT2D eigenvalue weighted by Crippen LogP contribution is -2.30. The van der Waals surface area contributed by atoms with Crippen molar-refractivity contribution in [2.45, 2.75) is 31.9 Å². The maximum Gasteiger partial charge on any atom is 0.266 e. The summed E-state index contributed by atoms with van der Waals surface area (Å²) in [6.45, 7) is 3.20. The highest BCUT2D eigenvalue weighted by Crippen LogP contribution is 2.32. The van der Waals surface area contributed by atoms with E-state index in [1.54, 1.807) is 25.1 Å². The minimum atomic E-state index is -0.683. The second kappa shape index (κ2) is 8.20. The zero-order valence-corrected chi connectivity index (χ0v) is 16.4. The number of benzene rings is 2. The summed E-state index contributed by atoms with van der Waals surface area (Å²) in [4.78, 5) is 12.6. The third-order valence-corrected chi connectivity index (χ3v) is 5.26. The summed E-state index contributed by atoms with van der Waals surface area (Å²) in [5.41, 5.74) is 0. The monoisotopic (exact) mass is 399 g/mol. The smallest absolute Gasteiger partial charge is 0.266 e. The maximum atomic E-state index is 12.6. The number of anilines is 1. The number of amides is 1. The molecule has 0 radical (unpaired) electrons. The number of hydrogen-bond acceptors (Lipinski definition) is 4. The van der Waals surface area contributed by atoms with Gasteiger partial charge in [0.15, 0.2) is 11.9 Å². The maximum absolute atomic E-state index is 12.6. The van der Waals surface area contributed by atoms with Crippen molar-refractivity contribution in [1.29, 1.82) is 0 Å². The molecule has 1 fully saturated rings. The van der Waals surface area contributed by atoms with E-state index in [9.17, 15) is 4.79 Å². The highest BCUT2D eigenvalue weighted by Gasteiger charge is 2.20. The van der Waals surface area contributed by atoms with Crippen molar-refractivity contribution in [3.8, 4) is 5.75 Å². The zero-order chi connectivity index (χ0) is 19.5. The minimum Gasteiger partial charge on any atom is -0.480 e. The molecule has 1 aromatic heterocycles. The Balaban J connectivity index is 1.43. The summed E-state index contributed by atoms with van der Waals surface area (Å²) in [5.74, 6) is 0.888. The molecule has 7 heteroatoms. The van der Waals surface area contributed by atoms with Crippen molar-refractivity contribution in [1.82, 2.24) is 9.78 Å². The van der Waals surface area contributed by atoms with Crippen molar-refractivity contribution in [3.05, 3.63) is 53.7 Å². The summed E-state index contributed by atoms with van der Waals surface area (Å²) in [5, 5.41) is 9.73. The Labute approximate surface area is 168 Å². The summed E-state index contributed by atoms with van der Waals surface area (Å²) in [6.07, 6.45) is 3.07. The van der Waals surface area contributed by atoms with Gasteiger partial charge in [0.1, 0.15) is 5.75 Å². The van der Waals surface area contributed by atoms with E-state index in [0.29, 0.717) is 22.6 Å². The van der Waals surface area contributed by atoms with Crippen molar-refractivity contribution in [2.24, 2.45) is 0 Å². The molecule has 1 N–H and O–H groups in total. The van der Waals surface area contributed by atoms with Gasteiger partial charge >= 0.3 is 0 Å². The van der Waals surface area contributed by atoms with E-state index >= 15 is 0 Å². The fourth-order valence-electron chi connectivity index (χ4n) is 3.37. The third-order valence-electron chi connectivity index (χ3n) is 4.93. The van der Waals surface area contributed by atoms with Gasteiger partial charge in [0.05, 0.1) is 6.04 Å². The number of carbonyl (C=O) groups is 1. The number of nitrogens with one attached hydrogen (secondary N) is 1. The predicted octanol–water partition coefficient (Wildman–Crippen LogP) is 4.45. The van der Waals surface area contributed by atoms with Gasteiger partial charge in [-0.2, -0.15) is 5.10 Å². The van der Waals surface area contributed by atoms with Crippen LogP contribution in [-0.2, 0) is 9.53 Å². The first-order valence-corrected chi connectivity index (χ1v) is 9.77. The zero-order valence-electron chi connectivity index (χ0n) is 15.6. The summed E-state index contributed by atoms with van der Waals surface area (Å²) in [6, 6.07) is 13.4. The lowest BCUT2D eigenvalue weighted by atomic mass is 10.1. The molecule has 1 amide bonds. The van der Waals surface area contributed by atoms with E-state index < -0.39 is 6.10 Å². The highest BCUT2D eigenvalue weighted by molar-refractivity contribution is 6.35. The number of ether oxygens (including phenoxy) is 2. The molecule has 1 saturated heterocycles. The molecule has 1 aliphatic heterocycles. The highest BCUT2D eigenvalue weighted by atomic mass is 35.5. The van der Waals surface area contributed by atoms with Crippen molar-refractivity contribution >= 4 is 34.1 Å². The minimum absolute atomic E-state index is 0.253. The fourth-order valence-corrected chi connectivity index (χ4v) is 3.59. The van der Waals surface area contributed by atoms with Crippen molar-refractivity contribution in [3.63, 3.8) is 0 Å². The Morgan fingerprint density at radius 2 is 1.96 bits per heavy atom. The van der Waals surface area contributed by atoms with E-state index in [1.807, 2.05) is 35.1 Å². The van der Waals surface area contributed by atoms with Crippen LogP contribution in [0.4, 0.5) is 5.82 Å². The average molecular weight is 400 g/mol. The van der Waals surface area contributed by atoms with Crippen LogP contribution in [0.25, 0.3) is 10.8 Å². The molecule has 0 bridgehead atoms. The number of aromatic nitrogens is 2. The van der Waals surface area contributed by atoms with Crippen LogP contribution >= 0.6 is 11.6 Å². The normalized spacial score (nSPS) is 16.1. The van der Waals surface area contributed by atoms with E-state index in [-0.39, 0.29) is 5.91 Å². The van der Waals surface area contributed by atoms with Crippen LogP contribution in [0.2, 0.25) is 5.02 Å². The molecule has 28 heavy (non-hydrogen) atoms. The predicted molar refractivity (Wildman–Crippen MR) is 109 cm³/mol. The lowest BCUT2D eigenvalue weighted by Gasteiger charge is -2.22. The number of carbonyl (C=O) groups excluding carboxylic acids is 1. The first-order chi connectivity index (χ1) is 13.6. The Hall–Kier alpha value is -2.57. The second-order valence-corrected chi connectivity index (χ2v) is 7.27. The Morgan fingerprint density at radius 1 is 1.21 bits per heavy atom. The Kier molecular flexibility index (Phi) is 5.50. The number of rotatable bonds is 5. The molecule has 0 aliphatic carbocycles. The van der Waals surface area contributed by atoms with E-state index in [0.717, 1.165) is 36.8 Å². The number of hydrogen-bond donors (Lipinski definition) is 1. The van der Waals surface area contributed by atoms with Gasteiger partial charge in [-0.1, -0.05) is 35.9 Å². The molecule has 0 saturated carbocycles. The van der Waals surface area contributed by atoms with Crippen LogP contribution in [0.1, 0.15) is 25.8 Å².